The van der Waals surface area contributed by atoms with E-state index < -0.39 is 17.1 Å². The van der Waals surface area contributed by atoms with Crippen molar-refractivity contribution in [2.45, 2.75) is 33.3 Å². The smallest absolute Gasteiger partial charge is 0.410 e. The molecule has 11 heteroatoms. The van der Waals surface area contributed by atoms with Gasteiger partial charge in [0.05, 0.1) is 11.4 Å². The highest BCUT2D eigenvalue weighted by Gasteiger charge is 2.54. The van der Waals surface area contributed by atoms with Gasteiger partial charge in [0.15, 0.2) is 11.6 Å². The molecule has 0 saturated carbocycles. The first-order chi connectivity index (χ1) is 17.0. The number of amides is 1. The lowest BCUT2D eigenvalue weighted by Crippen LogP contribution is -2.73. The van der Waals surface area contributed by atoms with Crippen molar-refractivity contribution in [1.29, 1.82) is 0 Å². The summed E-state index contributed by atoms with van der Waals surface area (Å²) in [5, 5.41) is 0. The maximum atomic E-state index is 15.1. The van der Waals surface area contributed by atoms with E-state index in [-0.39, 0.29) is 23.0 Å². The van der Waals surface area contributed by atoms with Crippen LogP contribution in [-0.4, -0.2) is 66.5 Å². The number of aromatic nitrogens is 5. The second kappa shape index (κ2) is 7.49. The lowest BCUT2D eigenvalue weighted by Gasteiger charge is -2.60. The summed E-state index contributed by atoms with van der Waals surface area (Å²) in [6, 6.07) is 4.87. The van der Waals surface area contributed by atoms with E-state index in [9.17, 15) is 9.59 Å². The van der Waals surface area contributed by atoms with Crippen LogP contribution in [0, 0.1) is 18.2 Å². The zero-order chi connectivity index (χ0) is 25.4. The van der Waals surface area contributed by atoms with Gasteiger partial charge in [0, 0.05) is 61.8 Å². The maximum Gasteiger partial charge on any atom is 0.410 e. The molecule has 0 unspecified atom stereocenters. The van der Waals surface area contributed by atoms with Crippen molar-refractivity contribution in [3.8, 4) is 11.4 Å². The molecule has 2 aliphatic heterocycles. The molecular formula is C25H26FN7O3. The molecule has 186 valence electrons. The normalized spacial score (nSPS) is 16.9. The fraction of sp³-hybridized carbons (Fsp3) is 0.400. The van der Waals surface area contributed by atoms with E-state index in [0.717, 1.165) is 11.3 Å². The van der Waals surface area contributed by atoms with E-state index in [4.69, 9.17) is 4.74 Å². The molecule has 0 radical (unpaired) electrons. The van der Waals surface area contributed by atoms with Gasteiger partial charge in [0.2, 0.25) is 0 Å². The molecule has 6 rings (SSSR count). The van der Waals surface area contributed by atoms with Crippen LogP contribution in [0.3, 0.4) is 0 Å². The summed E-state index contributed by atoms with van der Waals surface area (Å²) in [6.07, 6.45) is 4.79. The Balaban J connectivity index is 1.22. The Bertz CT molecular complexity index is 1590. The quantitative estimate of drug-likeness (QED) is 0.425. The number of halogens is 1. The number of ether oxygens (including phenoxy) is 1. The molecule has 0 N–H and O–H groups in total. The summed E-state index contributed by atoms with van der Waals surface area (Å²) in [6.45, 7) is 9.72. The summed E-state index contributed by atoms with van der Waals surface area (Å²) < 4.78 is 23.6. The Kier molecular flexibility index (Phi) is 4.67. The first kappa shape index (κ1) is 22.4. The predicted octanol–water partition coefficient (Wildman–Crippen LogP) is 2.91. The number of hydrogen-bond acceptors (Lipinski definition) is 7. The summed E-state index contributed by atoms with van der Waals surface area (Å²) in [7, 11) is 0. The third kappa shape index (κ3) is 3.75. The van der Waals surface area contributed by atoms with Gasteiger partial charge in [0.25, 0.3) is 0 Å². The Morgan fingerprint density at radius 1 is 1.03 bits per heavy atom. The Morgan fingerprint density at radius 3 is 2.50 bits per heavy atom. The molecule has 0 atom stereocenters. The van der Waals surface area contributed by atoms with Crippen molar-refractivity contribution in [3.05, 3.63) is 58.8 Å². The van der Waals surface area contributed by atoms with Gasteiger partial charge in [-0.15, -0.1) is 0 Å². The van der Waals surface area contributed by atoms with E-state index in [1.165, 1.54) is 16.7 Å². The van der Waals surface area contributed by atoms with Gasteiger partial charge in [-0.05, 0) is 39.8 Å². The average molecular weight is 492 g/mol. The summed E-state index contributed by atoms with van der Waals surface area (Å²) in [5.41, 5.74) is 1.63. The van der Waals surface area contributed by atoms with Crippen LogP contribution in [0.1, 0.15) is 26.5 Å². The van der Waals surface area contributed by atoms with Crippen LogP contribution in [0.25, 0.3) is 22.7 Å². The minimum Gasteiger partial charge on any atom is -0.444 e. The van der Waals surface area contributed by atoms with Crippen LogP contribution in [0.15, 0.2) is 41.6 Å². The number of imidazole rings is 1. The van der Waals surface area contributed by atoms with Crippen molar-refractivity contribution in [3.63, 3.8) is 0 Å². The van der Waals surface area contributed by atoms with Crippen molar-refractivity contribution in [2.75, 3.05) is 31.1 Å². The van der Waals surface area contributed by atoms with Gasteiger partial charge in [-0.2, -0.15) is 4.98 Å². The predicted molar refractivity (Wildman–Crippen MR) is 131 cm³/mol. The molecule has 6 heterocycles. The average Bonchev–Trinajstić information content (AvgIpc) is 3.10. The van der Waals surface area contributed by atoms with E-state index in [1.807, 2.05) is 49.3 Å². The topological polar surface area (TPSA) is 97.3 Å². The first-order valence-electron chi connectivity index (χ1n) is 11.8. The highest BCUT2D eigenvalue weighted by atomic mass is 19.1. The van der Waals surface area contributed by atoms with Crippen LogP contribution in [0.4, 0.5) is 14.9 Å². The Labute approximate surface area is 206 Å². The number of carbonyl (C=O) groups is 1. The minimum absolute atomic E-state index is 0.0755. The number of rotatable bonds is 2. The molecule has 4 aromatic rings. The lowest BCUT2D eigenvalue weighted by molar-refractivity contribution is -0.0454. The standard InChI is InChI=1S/C25H26FN7O3/c1-15-8-30-9-16(5-6-19(30)27-15)21-28-20-7-17(26)18(10-33(20)22(34)29-21)31-11-25(12-31)13-32(14-25)23(35)36-24(2,3)4/h5-10H,11-14H2,1-4H3. The van der Waals surface area contributed by atoms with Gasteiger partial charge in [-0.25, -0.2) is 28.3 Å². The number of anilines is 1. The van der Waals surface area contributed by atoms with Crippen LogP contribution < -0.4 is 10.6 Å². The Hall–Kier alpha value is -4.02. The van der Waals surface area contributed by atoms with Crippen molar-refractivity contribution in [1.82, 2.24) is 28.7 Å². The molecule has 2 saturated heterocycles. The molecule has 2 aliphatic rings. The SMILES string of the molecule is Cc1cn2cc(-c3nc(=O)n4cc(N5CC6(CN(C(=O)OC(C)(C)C)C6)C5)c(F)cc4n3)ccc2n1. The number of pyridine rings is 2. The van der Waals surface area contributed by atoms with E-state index >= 15 is 4.39 Å². The molecule has 36 heavy (non-hydrogen) atoms. The van der Waals surface area contributed by atoms with E-state index in [1.54, 1.807) is 17.2 Å². The zero-order valence-corrected chi connectivity index (χ0v) is 20.5. The number of nitrogens with zero attached hydrogens (tertiary/aromatic N) is 7. The second-order valence-electron chi connectivity index (χ2n) is 10.8. The fourth-order valence-corrected chi connectivity index (χ4v) is 4.99. The van der Waals surface area contributed by atoms with Crippen molar-refractivity contribution >= 4 is 23.1 Å². The number of aryl methyl sites for hydroxylation is 1. The molecule has 2 fully saturated rings. The highest BCUT2D eigenvalue weighted by molar-refractivity contribution is 5.70. The molecule has 0 bridgehead atoms. The van der Waals surface area contributed by atoms with E-state index in [0.29, 0.717) is 37.4 Å². The minimum atomic E-state index is -0.541. The third-order valence-electron chi connectivity index (χ3n) is 6.55. The molecule has 0 aliphatic carbocycles. The van der Waals surface area contributed by atoms with Gasteiger partial charge < -0.3 is 18.9 Å². The molecule has 1 spiro atoms. The monoisotopic (exact) mass is 491 g/mol. The molecule has 0 aromatic carbocycles. The second-order valence-corrected chi connectivity index (χ2v) is 10.8. The number of likely N-dealkylation sites (tertiary alicyclic amines) is 1. The van der Waals surface area contributed by atoms with Crippen LogP contribution in [0.5, 0.6) is 0 Å². The summed E-state index contributed by atoms with van der Waals surface area (Å²) in [4.78, 5) is 41.6. The van der Waals surface area contributed by atoms with Gasteiger partial charge in [0.1, 0.15) is 16.9 Å². The highest BCUT2D eigenvalue weighted by Crippen LogP contribution is 2.43. The van der Waals surface area contributed by atoms with Crippen LogP contribution in [-0.2, 0) is 4.74 Å². The molecule has 10 nitrogen and oxygen atoms in total. The van der Waals surface area contributed by atoms with Crippen molar-refractivity contribution in [2.24, 2.45) is 5.41 Å². The molecular weight excluding hydrogens is 465 g/mol. The van der Waals surface area contributed by atoms with E-state index in [2.05, 4.69) is 15.0 Å². The van der Waals surface area contributed by atoms with Gasteiger partial charge in [-0.1, -0.05) is 0 Å². The number of fused-ring (bicyclic) bond motifs is 2. The Morgan fingerprint density at radius 2 is 1.78 bits per heavy atom. The largest absolute Gasteiger partial charge is 0.444 e. The first-order valence-corrected chi connectivity index (χ1v) is 11.8. The zero-order valence-electron chi connectivity index (χ0n) is 20.5. The molecule has 4 aromatic heterocycles. The third-order valence-corrected chi connectivity index (χ3v) is 6.55. The van der Waals surface area contributed by atoms with Gasteiger partial charge >= 0.3 is 11.8 Å². The fourth-order valence-electron chi connectivity index (χ4n) is 4.99. The number of carbonyl (C=O) groups excluding carboxylic acids is 1. The van der Waals surface area contributed by atoms with Gasteiger partial charge in [-0.3, -0.25) is 0 Å². The van der Waals surface area contributed by atoms with Crippen molar-refractivity contribution < 1.29 is 13.9 Å². The molecule has 1 amide bonds. The lowest BCUT2D eigenvalue weighted by atomic mass is 9.73. The summed E-state index contributed by atoms with van der Waals surface area (Å²) in [5.74, 6) is -0.238. The number of hydrogen-bond donors (Lipinski definition) is 0. The summed E-state index contributed by atoms with van der Waals surface area (Å²) >= 11 is 0. The maximum absolute atomic E-state index is 15.1. The van der Waals surface area contributed by atoms with Crippen LogP contribution >= 0.6 is 0 Å². The van der Waals surface area contributed by atoms with Crippen LogP contribution in [0.2, 0.25) is 0 Å².